The van der Waals surface area contributed by atoms with Gasteiger partial charge in [-0.05, 0) is 25.8 Å². The fourth-order valence-corrected chi connectivity index (χ4v) is 2.40. The minimum atomic E-state index is -1.30. The van der Waals surface area contributed by atoms with Crippen LogP contribution in [0.25, 0.3) is 0 Å². The molecular weight excluding hydrogens is 205 g/mol. The topological polar surface area (TPSA) is 35.2 Å². The van der Waals surface area contributed by atoms with E-state index >= 15 is 0 Å². The van der Waals surface area contributed by atoms with Gasteiger partial charge in [-0.15, -0.1) is 0 Å². The molecule has 1 aromatic rings. The van der Waals surface area contributed by atoms with Crippen molar-refractivity contribution in [3.05, 3.63) is 29.8 Å². The molecule has 2 N–H and O–H groups in total. The zero-order valence-electron chi connectivity index (χ0n) is 9.58. The predicted molar refractivity (Wildman–Crippen MR) is 62.2 cm³/mol. The lowest BCUT2D eigenvalue weighted by Gasteiger charge is -2.22. The van der Waals surface area contributed by atoms with E-state index in [0.29, 0.717) is 30.8 Å². The van der Waals surface area contributed by atoms with Crippen LogP contribution in [0.1, 0.15) is 31.7 Å². The van der Waals surface area contributed by atoms with E-state index in [-0.39, 0.29) is 6.04 Å². The molecule has 1 aliphatic carbocycles. The van der Waals surface area contributed by atoms with Crippen LogP contribution in [-0.2, 0) is 5.67 Å². The van der Waals surface area contributed by atoms with Gasteiger partial charge >= 0.3 is 0 Å². The third-order valence-electron chi connectivity index (χ3n) is 3.17. The van der Waals surface area contributed by atoms with Crippen LogP contribution in [0.2, 0.25) is 0 Å². The highest BCUT2D eigenvalue weighted by Crippen LogP contribution is 2.45. The molecule has 2 nitrogen and oxygen atoms in total. The van der Waals surface area contributed by atoms with Crippen molar-refractivity contribution in [2.75, 3.05) is 6.61 Å². The SMILES string of the molecule is CCOc1ccccc1C1(F)CCC(N)C1. The van der Waals surface area contributed by atoms with E-state index in [0.717, 1.165) is 6.42 Å². The number of hydrogen-bond donors (Lipinski definition) is 1. The standard InChI is InChI=1S/C13H18FNO/c1-2-16-12-6-4-3-5-11(12)13(14)8-7-10(15)9-13/h3-6,10H,2,7-9,15H2,1H3. The summed E-state index contributed by atoms with van der Waals surface area (Å²) in [7, 11) is 0. The Morgan fingerprint density at radius 2 is 2.25 bits per heavy atom. The maximum atomic E-state index is 14.7. The molecule has 2 unspecified atom stereocenters. The van der Waals surface area contributed by atoms with E-state index in [1.165, 1.54) is 0 Å². The summed E-state index contributed by atoms with van der Waals surface area (Å²) in [6.45, 7) is 2.46. The highest BCUT2D eigenvalue weighted by Gasteiger charge is 2.41. The first-order valence-corrected chi connectivity index (χ1v) is 5.82. The molecule has 0 bridgehead atoms. The molecule has 1 aliphatic rings. The van der Waals surface area contributed by atoms with Crippen LogP contribution in [-0.4, -0.2) is 12.6 Å². The van der Waals surface area contributed by atoms with E-state index < -0.39 is 5.67 Å². The molecule has 0 heterocycles. The van der Waals surface area contributed by atoms with Crippen molar-refractivity contribution in [2.24, 2.45) is 5.73 Å². The molecule has 0 saturated heterocycles. The van der Waals surface area contributed by atoms with E-state index in [9.17, 15) is 4.39 Å². The van der Waals surface area contributed by atoms with E-state index in [1.807, 2.05) is 31.2 Å². The van der Waals surface area contributed by atoms with Gasteiger partial charge in [0.2, 0.25) is 0 Å². The molecular formula is C13H18FNO. The first-order valence-electron chi connectivity index (χ1n) is 5.82. The molecule has 0 spiro atoms. The van der Waals surface area contributed by atoms with Gasteiger partial charge < -0.3 is 10.5 Å². The first kappa shape index (κ1) is 11.4. The lowest BCUT2D eigenvalue weighted by atomic mass is 9.93. The summed E-state index contributed by atoms with van der Waals surface area (Å²) in [5, 5.41) is 0. The summed E-state index contributed by atoms with van der Waals surface area (Å²) in [6, 6.07) is 7.32. The minimum Gasteiger partial charge on any atom is -0.493 e. The third kappa shape index (κ3) is 2.05. The van der Waals surface area contributed by atoms with E-state index in [2.05, 4.69) is 0 Å². The Morgan fingerprint density at radius 3 is 2.88 bits per heavy atom. The molecule has 2 atom stereocenters. The fraction of sp³-hybridized carbons (Fsp3) is 0.538. The second kappa shape index (κ2) is 4.42. The van der Waals surface area contributed by atoms with Gasteiger partial charge in [0.1, 0.15) is 11.4 Å². The summed E-state index contributed by atoms with van der Waals surface area (Å²) in [4.78, 5) is 0. The smallest absolute Gasteiger partial charge is 0.141 e. The molecule has 0 aliphatic heterocycles. The van der Waals surface area contributed by atoms with Crippen molar-refractivity contribution in [1.82, 2.24) is 0 Å². The van der Waals surface area contributed by atoms with Gasteiger partial charge in [-0.25, -0.2) is 4.39 Å². The second-order valence-electron chi connectivity index (χ2n) is 4.40. The lowest BCUT2D eigenvalue weighted by Crippen LogP contribution is -2.22. The largest absolute Gasteiger partial charge is 0.493 e. The Morgan fingerprint density at radius 1 is 1.50 bits per heavy atom. The molecule has 1 fully saturated rings. The Balaban J connectivity index is 2.32. The Labute approximate surface area is 95.6 Å². The molecule has 16 heavy (non-hydrogen) atoms. The zero-order chi connectivity index (χ0) is 11.6. The summed E-state index contributed by atoms with van der Waals surface area (Å²) < 4.78 is 20.2. The number of hydrogen-bond acceptors (Lipinski definition) is 2. The van der Waals surface area contributed by atoms with Gasteiger partial charge in [-0.2, -0.15) is 0 Å². The van der Waals surface area contributed by atoms with Crippen molar-refractivity contribution in [2.45, 2.75) is 37.9 Å². The first-order chi connectivity index (χ1) is 7.65. The van der Waals surface area contributed by atoms with Crippen LogP contribution in [0.3, 0.4) is 0 Å². The molecule has 1 aromatic carbocycles. The zero-order valence-corrected chi connectivity index (χ0v) is 9.58. The van der Waals surface area contributed by atoms with Gasteiger partial charge in [0.15, 0.2) is 0 Å². The van der Waals surface area contributed by atoms with Crippen LogP contribution >= 0.6 is 0 Å². The van der Waals surface area contributed by atoms with E-state index in [4.69, 9.17) is 10.5 Å². The van der Waals surface area contributed by atoms with Crippen LogP contribution in [0.4, 0.5) is 4.39 Å². The summed E-state index contributed by atoms with van der Waals surface area (Å²) >= 11 is 0. The number of alkyl halides is 1. The average molecular weight is 223 g/mol. The van der Waals surface area contributed by atoms with Crippen LogP contribution in [0, 0.1) is 0 Å². The van der Waals surface area contributed by atoms with Crippen molar-refractivity contribution in [3.8, 4) is 5.75 Å². The normalized spacial score (nSPS) is 29.3. The van der Waals surface area contributed by atoms with Gasteiger partial charge in [-0.1, -0.05) is 18.2 Å². The maximum absolute atomic E-state index is 14.7. The molecule has 0 aromatic heterocycles. The van der Waals surface area contributed by atoms with Gasteiger partial charge in [0, 0.05) is 18.0 Å². The van der Waals surface area contributed by atoms with Crippen LogP contribution in [0.15, 0.2) is 24.3 Å². The summed E-state index contributed by atoms with van der Waals surface area (Å²) in [6.07, 6.45) is 1.65. The van der Waals surface area contributed by atoms with Crippen molar-refractivity contribution >= 4 is 0 Å². The van der Waals surface area contributed by atoms with Gasteiger partial charge in [0.05, 0.1) is 6.61 Å². The monoisotopic (exact) mass is 223 g/mol. The molecule has 1 saturated carbocycles. The quantitative estimate of drug-likeness (QED) is 0.855. The van der Waals surface area contributed by atoms with Gasteiger partial charge in [-0.3, -0.25) is 0 Å². The highest BCUT2D eigenvalue weighted by molar-refractivity contribution is 5.39. The number of nitrogens with two attached hydrogens (primary N) is 1. The molecule has 0 amide bonds. The molecule has 0 radical (unpaired) electrons. The van der Waals surface area contributed by atoms with Crippen LogP contribution in [0.5, 0.6) is 5.75 Å². The number of rotatable bonds is 3. The molecule has 3 heteroatoms. The predicted octanol–water partition coefficient (Wildman–Crippen LogP) is 2.76. The number of para-hydroxylation sites is 1. The summed E-state index contributed by atoms with van der Waals surface area (Å²) in [5.74, 6) is 0.654. The molecule has 2 rings (SSSR count). The Bertz CT molecular complexity index is 369. The van der Waals surface area contributed by atoms with Crippen molar-refractivity contribution < 1.29 is 9.13 Å². The second-order valence-corrected chi connectivity index (χ2v) is 4.40. The van der Waals surface area contributed by atoms with Gasteiger partial charge in [0.25, 0.3) is 0 Å². The molecule has 88 valence electrons. The van der Waals surface area contributed by atoms with E-state index in [1.54, 1.807) is 0 Å². The number of halogens is 1. The number of benzene rings is 1. The maximum Gasteiger partial charge on any atom is 0.141 e. The third-order valence-corrected chi connectivity index (χ3v) is 3.17. The van der Waals surface area contributed by atoms with Crippen molar-refractivity contribution in [1.29, 1.82) is 0 Å². The highest BCUT2D eigenvalue weighted by atomic mass is 19.1. The fourth-order valence-electron chi connectivity index (χ4n) is 2.40. The summed E-state index contributed by atoms with van der Waals surface area (Å²) in [5.41, 5.74) is 5.15. The van der Waals surface area contributed by atoms with Crippen molar-refractivity contribution in [3.63, 3.8) is 0 Å². The lowest BCUT2D eigenvalue weighted by molar-refractivity contribution is 0.164. The average Bonchev–Trinajstić information content (AvgIpc) is 2.61. The Hall–Kier alpha value is -1.09. The van der Waals surface area contributed by atoms with Crippen LogP contribution < -0.4 is 10.5 Å². The Kier molecular flexibility index (Phi) is 3.15. The minimum absolute atomic E-state index is 0.0281. The number of ether oxygens (including phenoxy) is 1.